The number of nitrogens with zero attached hydrogens (tertiary/aromatic N) is 5. The van der Waals surface area contributed by atoms with Crippen LogP contribution in [0.4, 0.5) is 0 Å². The quantitative estimate of drug-likeness (QED) is 0.556. The fraction of sp³-hybridized carbons (Fsp3) is 0.667. The number of aliphatic hydroxyl groups excluding tert-OH is 2. The Labute approximate surface area is 122 Å². The molecule has 4 atom stereocenters. The van der Waals surface area contributed by atoms with Gasteiger partial charge in [-0.15, -0.1) is 0 Å². The molecule has 3 rings (SSSR count). The molecule has 0 radical (unpaired) electrons. The van der Waals surface area contributed by atoms with Crippen molar-refractivity contribution in [2.45, 2.75) is 31.0 Å². The van der Waals surface area contributed by atoms with E-state index in [2.05, 4.69) is 9.98 Å². The van der Waals surface area contributed by atoms with Crippen LogP contribution in [-0.4, -0.2) is 83.1 Å². The van der Waals surface area contributed by atoms with Gasteiger partial charge in [-0.05, 0) is 0 Å². The number of hydrogen-bond donors (Lipinski definition) is 3. The molecule has 116 valence electrons. The van der Waals surface area contributed by atoms with Crippen LogP contribution in [0.1, 0.15) is 6.42 Å². The molecule has 0 aromatic heterocycles. The third-order valence-corrected chi connectivity index (χ3v) is 3.86. The predicted octanol–water partition coefficient (Wildman–Crippen LogP) is -1.93. The highest BCUT2D eigenvalue weighted by atomic mass is 16.5. The van der Waals surface area contributed by atoms with Gasteiger partial charge in [0, 0.05) is 20.5 Å². The Morgan fingerprint density at radius 2 is 2.19 bits per heavy atom. The molecule has 0 aromatic carbocycles. The first-order valence-corrected chi connectivity index (χ1v) is 6.78. The fourth-order valence-electron chi connectivity index (χ4n) is 2.73. The van der Waals surface area contributed by atoms with Crippen LogP contribution in [-0.2, 0) is 4.74 Å². The fourth-order valence-corrected chi connectivity index (χ4v) is 2.73. The second-order valence-corrected chi connectivity index (χ2v) is 5.42. The van der Waals surface area contributed by atoms with E-state index in [4.69, 9.17) is 10.5 Å². The van der Waals surface area contributed by atoms with Crippen LogP contribution in [0.5, 0.6) is 0 Å². The van der Waals surface area contributed by atoms with Gasteiger partial charge < -0.3 is 25.6 Å². The van der Waals surface area contributed by atoms with Gasteiger partial charge in [-0.3, -0.25) is 5.01 Å². The standard InChI is InChI=1S/C12H20N6O3/c1-16(2)18-6-15-11(13)10-12(18)17(5-14-10)9-3-7(20)8(4-19)21-9/h5-9,12,19-20H,3-4,13H2,1-2H3/t7-,8+,9+,12?/m0/s1. The van der Waals surface area contributed by atoms with Gasteiger partial charge in [0.15, 0.2) is 12.0 Å². The molecule has 9 heteroatoms. The molecule has 4 N–H and O–H groups in total. The van der Waals surface area contributed by atoms with Crippen LogP contribution in [0.25, 0.3) is 0 Å². The van der Waals surface area contributed by atoms with Crippen molar-refractivity contribution in [3.63, 3.8) is 0 Å². The number of hydrazine groups is 1. The summed E-state index contributed by atoms with van der Waals surface area (Å²) in [7, 11) is 3.78. The average Bonchev–Trinajstić information content (AvgIpc) is 3.02. The van der Waals surface area contributed by atoms with Gasteiger partial charge in [0.1, 0.15) is 24.4 Å². The van der Waals surface area contributed by atoms with E-state index in [1.54, 1.807) is 12.7 Å². The van der Waals surface area contributed by atoms with E-state index in [9.17, 15) is 10.2 Å². The molecule has 1 unspecified atom stereocenters. The van der Waals surface area contributed by atoms with Crippen LogP contribution in [0.3, 0.4) is 0 Å². The van der Waals surface area contributed by atoms with Crippen molar-refractivity contribution in [1.82, 2.24) is 14.9 Å². The second kappa shape index (κ2) is 5.26. The highest BCUT2D eigenvalue weighted by molar-refractivity contribution is 5.68. The van der Waals surface area contributed by atoms with Gasteiger partial charge in [0.2, 0.25) is 0 Å². The maximum absolute atomic E-state index is 9.90. The first-order chi connectivity index (χ1) is 10.0. The lowest BCUT2D eigenvalue weighted by atomic mass is 10.2. The molecule has 3 aliphatic heterocycles. The highest BCUT2D eigenvalue weighted by Crippen LogP contribution is 2.32. The SMILES string of the molecule is CN(C)N1C=NC(N)=C2N=CN([C@H]3C[C@H](O)[C@@H](CO)O3)C21. The summed E-state index contributed by atoms with van der Waals surface area (Å²) in [5.41, 5.74) is 6.54. The normalized spacial score (nSPS) is 35.3. The molecule has 0 bridgehead atoms. The highest BCUT2D eigenvalue weighted by Gasteiger charge is 2.44. The third kappa shape index (κ3) is 2.27. The molecule has 0 spiro atoms. The van der Waals surface area contributed by atoms with E-state index in [0.717, 1.165) is 0 Å². The Balaban J connectivity index is 1.85. The van der Waals surface area contributed by atoms with Crippen LogP contribution in [0.15, 0.2) is 21.5 Å². The maximum Gasteiger partial charge on any atom is 0.167 e. The Kier molecular flexibility index (Phi) is 3.57. The molecule has 9 nitrogen and oxygen atoms in total. The van der Waals surface area contributed by atoms with E-state index in [0.29, 0.717) is 17.9 Å². The van der Waals surface area contributed by atoms with E-state index in [-0.39, 0.29) is 19.0 Å². The minimum Gasteiger partial charge on any atom is -0.394 e. The smallest absolute Gasteiger partial charge is 0.167 e. The maximum atomic E-state index is 9.90. The molecule has 0 aromatic rings. The molecule has 21 heavy (non-hydrogen) atoms. The summed E-state index contributed by atoms with van der Waals surface area (Å²) in [6.07, 6.45) is 1.80. The summed E-state index contributed by atoms with van der Waals surface area (Å²) in [6, 6.07) is 0. The van der Waals surface area contributed by atoms with Gasteiger partial charge in [-0.1, -0.05) is 0 Å². The number of aliphatic imine (C=N–C) groups is 2. The molecule has 3 aliphatic rings. The van der Waals surface area contributed by atoms with Gasteiger partial charge in [-0.25, -0.2) is 15.0 Å². The molecule has 1 saturated heterocycles. The summed E-state index contributed by atoms with van der Waals surface area (Å²) in [5.74, 6) is 0.370. The lowest BCUT2D eigenvalue weighted by molar-refractivity contribution is -0.0876. The number of aliphatic hydroxyl groups is 2. The predicted molar refractivity (Wildman–Crippen MR) is 75.7 cm³/mol. The van der Waals surface area contributed by atoms with E-state index < -0.39 is 12.2 Å². The van der Waals surface area contributed by atoms with Crippen molar-refractivity contribution in [1.29, 1.82) is 0 Å². The summed E-state index contributed by atoms with van der Waals surface area (Å²) in [6.45, 7) is -0.211. The lowest BCUT2D eigenvalue weighted by Crippen LogP contribution is -2.55. The lowest BCUT2D eigenvalue weighted by Gasteiger charge is -2.41. The summed E-state index contributed by atoms with van der Waals surface area (Å²) >= 11 is 0. The number of hydrogen-bond acceptors (Lipinski definition) is 9. The van der Waals surface area contributed by atoms with Gasteiger partial charge in [0.05, 0.1) is 19.0 Å². The first kappa shape index (κ1) is 14.3. The zero-order valence-electron chi connectivity index (χ0n) is 12.0. The molecule has 0 saturated carbocycles. The molecule has 0 amide bonds. The van der Waals surface area contributed by atoms with Gasteiger partial charge in [-0.2, -0.15) is 0 Å². The van der Waals surface area contributed by atoms with Crippen LogP contribution < -0.4 is 5.73 Å². The zero-order valence-corrected chi connectivity index (χ0v) is 12.0. The van der Waals surface area contributed by atoms with E-state index in [1.807, 2.05) is 29.0 Å². The van der Waals surface area contributed by atoms with E-state index in [1.165, 1.54) is 0 Å². The second-order valence-electron chi connectivity index (χ2n) is 5.42. The van der Waals surface area contributed by atoms with Crippen molar-refractivity contribution in [2.24, 2.45) is 15.7 Å². The first-order valence-electron chi connectivity index (χ1n) is 6.78. The van der Waals surface area contributed by atoms with E-state index >= 15 is 0 Å². The Bertz CT molecular complexity index is 505. The number of fused-ring (bicyclic) bond motifs is 1. The Morgan fingerprint density at radius 3 is 2.81 bits per heavy atom. The summed E-state index contributed by atoms with van der Waals surface area (Å²) in [5, 5.41) is 22.9. The van der Waals surface area contributed by atoms with Crippen molar-refractivity contribution >= 4 is 12.7 Å². The van der Waals surface area contributed by atoms with Crippen LogP contribution in [0, 0.1) is 0 Å². The number of ether oxygens (including phenoxy) is 1. The molecular weight excluding hydrogens is 276 g/mol. The van der Waals surface area contributed by atoms with Gasteiger partial charge in [0.25, 0.3) is 0 Å². The number of nitrogens with two attached hydrogens (primary N) is 1. The van der Waals surface area contributed by atoms with Crippen LogP contribution in [0.2, 0.25) is 0 Å². The van der Waals surface area contributed by atoms with Crippen molar-refractivity contribution in [3.8, 4) is 0 Å². The van der Waals surface area contributed by atoms with Crippen molar-refractivity contribution < 1.29 is 14.9 Å². The minimum atomic E-state index is -0.691. The Hall–Kier alpha value is -1.68. The topological polar surface area (TPSA) is 110 Å². The minimum absolute atomic E-state index is 0.211. The van der Waals surface area contributed by atoms with Crippen molar-refractivity contribution in [2.75, 3.05) is 20.7 Å². The number of rotatable bonds is 3. The average molecular weight is 296 g/mol. The molecule has 1 fully saturated rings. The third-order valence-electron chi connectivity index (χ3n) is 3.86. The molecule has 0 aliphatic carbocycles. The summed E-state index contributed by atoms with van der Waals surface area (Å²) in [4.78, 5) is 10.3. The van der Waals surface area contributed by atoms with Crippen LogP contribution >= 0.6 is 0 Å². The Morgan fingerprint density at radius 1 is 1.43 bits per heavy atom. The zero-order chi connectivity index (χ0) is 15.1. The summed E-state index contributed by atoms with van der Waals surface area (Å²) < 4.78 is 5.70. The van der Waals surface area contributed by atoms with Gasteiger partial charge >= 0.3 is 0 Å². The van der Waals surface area contributed by atoms with Crippen molar-refractivity contribution in [3.05, 3.63) is 11.5 Å². The largest absolute Gasteiger partial charge is 0.394 e. The molecule has 3 heterocycles. The monoisotopic (exact) mass is 296 g/mol. The molecular formula is C12H20N6O3.